The monoisotopic (exact) mass is 423 g/mol. The summed E-state index contributed by atoms with van der Waals surface area (Å²) < 4.78 is 29.8. The first kappa shape index (κ1) is 19.6. The molecule has 2 aromatic carbocycles. The number of ether oxygens (including phenoxy) is 1. The van der Waals surface area contributed by atoms with Crippen molar-refractivity contribution < 1.29 is 17.9 Å². The predicted octanol–water partition coefficient (Wildman–Crippen LogP) is 2.15. The maximum Gasteiger partial charge on any atom is 0.344 e. The second-order valence-electron chi connectivity index (χ2n) is 6.41. The lowest BCUT2D eigenvalue weighted by atomic mass is 10.2. The molecule has 0 spiro atoms. The number of hydrogen-bond donors (Lipinski definition) is 2. The van der Waals surface area contributed by atoms with Crippen LogP contribution in [0.5, 0.6) is 0 Å². The molecular formula is C20H17N5O4S. The summed E-state index contributed by atoms with van der Waals surface area (Å²) in [6.45, 7) is 3.54. The van der Waals surface area contributed by atoms with Crippen LogP contribution in [0, 0.1) is 0 Å². The van der Waals surface area contributed by atoms with E-state index in [-0.39, 0.29) is 28.4 Å². The Bertz CT molecular complexity index is 1410. The van der Waals surface area contributed by atoms with E-state index in [2.05, 4.69) is 16.5 Å². The molecular weight excluding hydrogens is 406 g/mol. The van der Waals surface area contributed by atoms with E-state index in [0.29, 0.717) is 22.4 Å². The van der Waals surface area contributed by atoms with Crippen molar-refractivity contribution in [2.24, 2.45) is 5.14 Å². The van der Waals surface area contributed by atoms with Crippen LogP contribution in [0.3, 0.4) is 0 Å². The van der Waals surface area contributed by atoms with Gasteiger partial charge in [-0.15, -0.1) is 0 Å². The number of nitrogens with zero attached hydrogens (tertiary/aromatic N) is 3. The number of hydrogen-bond acceptors (Lipinski definition) is 7. The van der Waals surface area contributed by atoms with E-state index in [4.69, 9.17) is 15.6 Å². The van der Waals surface area contributed by atoms with Crippen LogP contribution in [0.2, 0.25) is 0 Å². The zero-order valence-corrected chi connectivity index (χ0v) is 16.5. The van der Waals surface area contributed by atoms with Crippen LogP contribution in [-0.2, 0) is 14.8 Å². The maximum absolute atomic E-state index is 12.7. The van der Waals surface area contributed by atoms with Crippen molar-refractivity contribution in [3.63, 3.8) is 0 Å². The molecule has 0 aliphatic rings. The van der Waals surface area contributed by atoms with Crippen LogP contribution in [-0.4, -0.2) is 35.5 Å². The predicted molar refractivity (Wildman–Crippen MR) is 113 cm³/mol. The van der Waals surface area contributed by atoms with Gasteiger partial charge in [-0.05, 0) is 36.4 Å². The zero-order chi connectivity index (χ0) is 21.5. The topological polar surface area (TPSA) is 143 Å². The molecule has 9 nitrogen and oxygen atoms in total. The van der Waals surface area contributed by atoms with E-state index >= 15 is 0 Å². The summed E-state index contributed by atoms with van der Waals surface area (Å²) in [5.74, 6) is -0.598. The van der Waals surface area contributed by atoms with Crippen LogP contribution in [0.15, 0.2) is 66.1 Å². The van der Waals surface area contributed by atoms with Crippen LogP contribution in [0.25, 0.3) is 27.9 Å². The summed E-state index contributed by atoms with van der Waals surface area (Å²) >= 11 is 0. The number of nitrogens with two attached hydrogens (primary N) is 2. The van der Waals surface area contributed by atoms with Gasteiger partial charge in [-0.1, -0.05) is 24.8 Å². The zero-order valence-electron chi connectivity index (χ0n) is 15.6. The number of fused-ring (bicyclic) bond motifs is 2. The first-order chi connectivity index (χ1) is 14.3. The molecule has 152 valence electrons. The van der Waals surface area contributed by atoms with Crippen molar-refractivity contribution in [1.82, 2.24) is 14.5 Å². The highest BCUT2D eigenvalue weighted by atomic mass is 32.2. The van der Waals surface area contributed by atoms with Gasteiger partial charge in [0.05, 0.1) is 15.9 Å². The second-order valence-corrected chi connectivity index (χ2v) is 7.97. The molecule has 0 saturated carbocycles. The molecule has 0 saturated heterocycles. The second kappa shape index (κ2) is 7.25. The van der Waals surface area contributed by atoms with E-state index in [9.17, 15) is 13.2 Å². The van der Waals surface area contributed by atoms with Gasteiger partial charge in [0.1, 0.15) is 23.5 Å². The molecule has 0 fully saturated rings. The Morgan fingerprint density at radius 2 is 1.73 bits per heavy atom. The van der Waals surface area contributed by atoms with E-state index < -0.39 is 16.0 Å². The number of nitrogen functional groups attached to an aromatic ring is 1. The molecule has 0 aliphatic carbocycles. The third-order valence-electron chi connectivity index (χ3n) is 4.46. The number of anilines is 1. The summed E-state index contributed by atoms with van der Waals surface area (Å²) in [6.07, 6.45) is 1.44. The molecule has 0 radical (unpaired) electrons. The molecule has 4 aromatic rings. The number of sulfonamides is 1. The fraction of sp³-hybridized carbons (Fsp3) is 0.0500. The van der Waals surface area contributed by atoms with Crippen molar-refractivity contribution in [3.05, 3.63) is 66.7 Å². The lowest BCUT2D eigenvalue weighted by Crippen LogP contribution is -2.12. The lowest BCUT2D eigenvalue weighted by Gasteiger charge is -2.08. The number of carbonyl (C=O) groups excluding carboxylic acids is 1. The van der Waals surface area contributed by atoms with Gasteiger partial charge >= 0.3 is 5.97 Å². The summed E-state index contributed by atoms with van der Waals surface area (Å²) in [5.41, 5.74) is 8.68. The number of benzene rings is 2. The van der Waals surface area contributed by atoms with Gasteiger partial charge in [-0.25, -0.2) is 28.3 Å². The number of para-hydroxylation sites is 2. The summed E-state index contributed by atoms with van der Waals surface area (Å²) in [7, 11) is -3.85. The van der Waals surface area contributed by atoms with Crippen LogP contribution in [0.4, 0.5) is 5.82 Å². The number of aromatic nitrogens is 3. The molecule has 30 heavy (non-hydrogen) atoms. The Balaban J connectivity index is 2.01. The highest BCUT2D eigenvalue weighted by Crippen LogP contribution is 2.31. The van der Waals surface area contributed by atoms with Crippen LogP contribution >= 0.6 is 0 Å². The summed E-state index contributed by atoms with van der Waals surface area (Å²) in [6, 6.07) is 12.9. The molecule has 0 bridgehead atoms. The Morgan fingerprint density at radius 3 is 2.33 bits per heavy atom. The molecule has 0 atom stereocenters. The van der Waals surface area contributed by atoms with Gasteiger partial charge < -0.3 is 10.5 Å². The first-order valence-electron chi connectivity index (χ1n) is 8.79. The fourth-order valence-electron chi connectivity index (χ4n) is 3.12. The van der Waals surface area contributed by atoms with Gasteiger partial charge in [0.25, 0.3) is 0 Å². The minimum atomic E-state index is -3.85. The van der Waals surface area contributed by atoms with Gasteiger partial charge in [-0.2, -0.15) is 0 Å². The average molecular weight is 423 g/mol. The third-order valence-corrected chi connectivity index (χ3v) is 5.39. The van der Waals surface area contributed by atoms with E-state index in [1.807, 2.05) is 12.1 Å². The normalized spacial score (nSPS) is 11.6. The lowest BCUT2D eigenvalue weighted by molar-refractivity contribution is 0.0553. The van der Waals surface area contributed by atoms with E-state index in [0.717, 1.165) is 0 Å². The van der Waals surface area contributed by atoms with Gasteiger partial charge in [0.15, 0.2) is 5.65 Å². The van der Waals surface area contributed by atoms with Crippen molar-refractivity contribution in [2.45, 2.75) is 4.90 Å². The number of rotatable bonds is 5. The number of primary sulfonamides is 1. The smallest absolute Gasteiger partial charge is 0.344 e. The average Bonchev–Trinajstić information content (AvgIpc) is 3.00. The fourth-order valence-corrected chi connectivity index (χ4v) is 3.63. The molecule has 4 rings (SSSR count). The molecule has 2 heterocycles. The van der Waals surface area contributed by atoms with Crippen LogP contribution in [0.1, 0.15) is 10.4 Å². The third kappa shape index (κ3) is 3.27. The largest absolute Gasteiger partial charge is 0.458 e. The molecule has 10 heteroatoms. The van der Waals surface area contributed by atoms with Gasteiger partial charge in [-0.3, -0.25) is 4.57 Å². The maximum atomic E-state index is 12.7. The quantitative estimate of drug-likeness (QED) is 0.370. The number of esters is 1. The highest BCUT2D eigenvalue weighted by Gasteiger charge is 2.26. The number of carbonyl (C=O) groups is 1. The Morgan fingerprint density at radius 1 is 1.10 bits per heavy atom. The Labute approximate surface area is 171 Å². The van der Waals surface area contributed by atoms with Crippen molar-refractivity contribution in [3.8, 4) is 5.69 Å². The molecule has 4 N–H and O–H groups in total. The molecule has 0 unspecified atom stereocenters. The Hall–Kier alpha value is -3.76. The summed E-state index contributed by atoms with van der Waals surface area (Å²) in [5, 5.41) is 5.17. The van der Waals surface area contributed by atoms with Crippen LogP contribution < -0.4 is 10.9 Å². The SMILES string of the molecule is C=CCOC(=O)c1c(N)n(-c2ccc(S(N)(=O)=O)cc2)c2nc3ccccc3nc12. The van der Waals surface area contributed by atoms with Gasteiger partial charge in [0, 0.05) is 5.69 Å². The van der Waals surface area contributed by atoms with Crippen molar-refractivity contribution in [2.75, 3.05) is 12.3 Å². The molecule has 0 amide bonds. The summed E-state index contributed by atoms with van der Waals surface area (Å²) in [4.78, 5) is 21.8. The van der Waals surface area contributed by atoms with Gasteiger partial charge in [0.2, 0.25) is 10.0 Å². The Kier molecular flexibility index (Phi) is 4.72. The first-order valence-corrected chi connectivity index (χ1v) is 10.3. The van der Waals surface area contributed by atoms with E-state index in [1.165, 1.54) is 34.9 Å². The highest BCUT2D eigenvalue weighted by molar-refractivity contribution is 7.89. The van der Waals surface area contributed by atoms with Crippen molar-refractivity contribution in [1.29, 1.82) is 0 Å². The minimum absolute atomic E-state index is 0.00894. The minimum Gasteiger partial charge on any atom is -0.458 e. The molecule has 0 aliphatic heterocycles. The standard InChI is InChI=1S/C20H17N5O4S/c1-2-11-29-20(26)16-17-19(24-15-6-4-3-5-14(15)23-17)25(18(16)21)12-7-9-13(10-8-12)30(22,27)28/h2-10H,1,11,21H2,(H2,22,27,28). The molecule has 2 aromatic heterocycles. The van der Waals surface area contributed by atoms with Crippen molar-refractivity contribution >= 4 is 44.0 Å². The van der Waals surface area contributed by atoms with E-state index in [1.54, 1.807) is 12.1 Å².